The standard InChI is InChI=1S/C24H15BrClI2NO4/c1-31-21-10-14(8-19(28)22(21)32-12-13-3-2-4-16(26)7-13)9-20-24(30)33-23(29-20)15-5-6-18(27)17(25)11-15/h2-11H,12H2,1H3/b20-9-. The summed E-state index contributed by atoms with van der Waals surface area (Å²) in [5.41, 5.74) is 2.62. The van der Waals surface area contributed by atoms with Crippen molar-refractivity contribution in [2.75, 3.05) is 7.11 Å². The van der Waals surface area contributed by atoms with Crippen LogP contribution in [0.2, 0.25) is 5.02 Å². The van der Waals surface area contributed by atoms with Crippen LogP contribution in [0.15, 0.2) is 69.8 Å². The predicted octanol–water partition coefficient (Wildman–Crippen LogP) is 7.24. The number of ether oxygens (including phenoxy) is 3. The van der Waals surface area contributed by atoms with E-state index in [1.54, 1.807) is 19.3 Å². The minimum Gasteiger partial charge on any atom is -0.493 e. The Balaban J connectivity index is 1.59. The lowest BCUT2D eigenvalue weighted by Gasteiger charge is -2.14. The first-order chi connectivity index (χ1) is 15.8. The molecule has 1 aliphatic rings. The van der Waals surface area contributed by atoms with E-state index >= 15 is 0 Å². The highest BCUT2D eigenvalue weighted by molar-refractivity contribution is 14.1. The number of hydrogen-bond donors (Lipinski definition) is 0. The molecular formula is C24H15BrClI2NO4. The molecule has 3 aromatic rings. The number of aliphatic imine (C=N–C) groups is 1. The lowest BCUT2D eigenvalue weighted by atomic mass is 10.1. The molecule has 0 amide bonds. The molecule has 5 nitrogen and oxygen atoms in total. The van der Waals surface area contributed by atoms with Gasteiger partial charge in [0, 0.05) is 18.6 Å². The first-order valence-electron chi connectivity index (χ1n) is 9.57. The zero-order valence-corrected chi connectivity index (χ0v) is 23.7. The Labute approximate surface area is 231 Å². The fourth-order valence-electron chi connectivity index (χ4n) is 3.07. The molecule has 9 heteroatoms. The highest BCUT2D eigenvalue weighted by Crippen LogP contribution is 2.36. The van der Waals surface area contributed by atoms with E-state index in [1.807, 2.05) is 48.5 Å². The molecule has 168 valence electrons. The van der Waals surface area contributed by atoms with Gasteiger partial charge in [-0.15, -0.1) is 0 Å². The van der Waals surface area contributed by atoms with Gasteiger partial charge in [-0.05, 0) is 121 Å². The van der Waals surface area contributed by atoms with Gasteiger partial charge in [-0.2, -0.15) is 0 Å². The summed E-state index contributed by atoms with van der Waals surface area (Å²) in [4.78, 5) is 16.8. The molecule has 0 aliphatic carbocycles. The summed E-state index contributed by atoms with van der Waals surface area (Å²) in [5, 5.41) is 0.653. The van der Waals surface area contributed by atoms with Crippen LogP contribution in [0.5, 0.6) is 11.5 Å². The highest BCUT2D eigenvalue weighted by atomic mass is 127. The Bertz CT molecular complexity index is 1310. The number of nitrogens with zero attached hydrogens (tertiary/aromatic N) is 1. The number of halogens is 4. The van der Waals surface area contributed by atoms with Gasteiger partial charge in [0.2, 0.25) is 5.90 Å². The van der Waals surface area contributed by atoms with Crippen LogP contribution in [0, 0.1) is 7.14 Å². The number of hydrogen-bond acceptors (Lipinski definition) is 5. The van der Waals surface area contributed by atoms with Crippen molar-refractivity contribution in [1.82, 2.24) is 0 Å². The summed E-state index contributed by atoms with van der Waals surface area (Å²) in [6, 6.07) is 16.8. The minimum atomic E-state index is -0.505. The monoisotopic (exact) mass is 749 g/mol. The lowest BCUT2D eigenvalue weighted by Crippen LogP contribution is -2.05. The zero-order valence-electron chi connectivity index (χ0n) is 17.1. The fraction of sp³-hybridized carbons (Fsp3) is 0.0833. The van der Waals surface area contributed by atoms with Crippen LogP contribution >= 0.6 is 72.7 Å². The predicted molar refractivity (Wildman–Crippen MR) is 149 cm³/mol. The van der Waals surface area contributed by atoms with Crippen molar-refractivity contribution in [3.05, 3.63) is 93.6 Å². The van der Waals surface area contributed by atoms with Gasteiger partial charge >= 0.3 is 5.97 Å². The van der Waals surface area contributed by atoms with Crippen molar-refractivity contribution in [3.63, 3.8) is 0 Å². The Morgan fingerprint density at radius 3 is 2.67 bits per heavy atom. The number of cyclic esters (lactones) is 1. The maximum Gasteiger partial charge on any atom is 0.363 e. The number of methoxy groups -OCH3 is 1. The first kappa shape index (κ1) is 24.5. The second-order valence-corrected chi connectivity index (χ2v) is 10.5. The molecule has 1 aliphatic heterocycles. The van der Waals surface area contributed by atoms with E-state index in [0.717, 1.165) is 28.3 Å². The van der Waals surface area contributed by atoms with Crippen molar-refractivity contribution in [2.45, 2.75) is 6.61 Å². The van der Waals surface area contributed by atoms with Crippen molar-refractivity contribution in [1.29, 1.82) is 0 Å². The smallest absolute Gasteiger partial charge is 0.363 e. The van der Waals surface area contributed by atoms with Gasteiger partial charge in [0.25, 0.3) is 0 Å². The van der Waals surface area contributed by atoms with E-state index in [2.05, 4.69) is 66.1 Å². The van der Waals surface area contributed by atoms with Crippen LogP contribution in [-0.4, -0.2) is 19.0 Å². The van der Waals surface area contributed by atoms with Crippen molar-refractivity contribution < 1.29 is 19.0 Å². The molecule has 0 atom stereocenters. The third-order valence-corrected chi connectivity index (χ3v) is 7.99. The number of carbonyl (C=O) groups excluding carboxylic acids is 1. The molecule has 0 radical (unpaired) electrons. The third kappa shape index (κ3) is 5.90. The lowest BCUT2D eigenvalue weighted by molar-refractivity contribution is -0.129. The van der Waals surface area contributed by atoms with Crippen LogP contribution in [0.4, 0.5) is 0 Å². The Hall–Kier alpha value is -1.63. The minimum absolute atomic E-state index is 0.213. The van der Waals surface area contributed by atoms with E-state index in [4.69, 9.17) is 25.8 Å². The number of rotatable bonds is 6. The van der Waals surface area contributed by atoms with E-state index < -0.39 is 5.97 Å². The molecule has 0 fully saturated rings. The Kier molecular flexibility index (Phi) is 7.98. The third-order valence-electron chi connectivity index (χ3n) is 4.61. The molecule has 0 spiro atoms. The maximum atomic E-state index is 12.4. The van der Waals surface area contributed by atoms with Crippen molar-refractivity contribution in [2.24, 2.45) is 4.99 Å². The molecule has 4 rings (SSSR count). The van der Waals surface area contributed by atoms with Gasteiger partial charge < -0.3 is 14.2 Å². The summed E-state index contributed by atoms with van der Waals surface area (Å²) in [6.07, 6.45) is 1.67. The van der Waals surface area contributed by atoms with Gasteiger partial charge in [-0.25, -0.2) is 9.79 Å². The molecule has 0 aromatic heterocycles. The number of esters is 1. The second kappa shape index (κ2) is 10.7. The summed E-state index contributed by atoms with van der Waals surface area (Å²) in [5.74, 6) is 0.927. The molecule has 0 N–H and O–H groups in total. The van der Waals surface area contributed by atoms with E-state index in [9.17, 15) is 4.79 Å². The average molecular weight is 751 g/mol. The first-order valence-corrected chi connectivity index (χ1v) is 12.9. The number of carbonyl (C=O) groups is 1. The molecular weight excluding hydrogens is 735 g/mol. The van der Waals surface area contributed by atoms with Crippen LogP contribution in [0.1, 0.15) is 16.7 Å². The summed E-state index contributed by atoms with van der Waals surface area (Å²) >= 11 is 13.9. The largest absolute Gasteiger partial charge is 0.493 e. The average Bonchev–Trinajstić information content (AvgIpc) is 3.14. The van der Waals surface area contributed by atoms with Crippen LogP contribution in [0.25, 0.3) is 6.08 Å². The Morgan fingerprint density at radius 1 is 1.12 bits per heavy atom. The van der Waals surface area contributed by atoms with E-state index in [1.165, 1.54) is 0 Å². The zero-order chi connectivity index (χ0) is 23.5. The quantitative estimate of drug-likeness (QED) is 0.152. The Morgan fingerprint density at radius 2 is 1.94 bits per heavy atom. The molecule has 0 bridgehead atoms. The van der Waals surface area contributed by atoms with Crippen LogP contribution in [0.3, 0.4) is 0 Å². The van der Waals surface area contributed by atoms with Crippen molar-refractivity contribution >= 4 is 90.7 Å². The maximum absolute atomic E-state index is 12.4. The summed E-state index contributed by atoms with van der Waals surface area (Å²) in [6.45, 7) is 0.346. The molecule has 0 saturated heterocycles. The van der Waals surface area contributed by atoms with Gasteiger partial charge in [-0.1, -0.05) is 23.7 Å². The number of benzene rings is 3. The molecule has 3 aromatic carbocycles. The fourth-order valence-corrected chi connectivity index (χ4v) is 4.77. The van der Waals surface area contributed by atoms with Gasteiger partial charge in [-0.3, -0.25) is 0 Å². The van der Waals surface area contributed by atoms with E-state index in [-0.39, 0.29) is 11.6 Å². The van der Waals surface area contributed by atoms with E-state index in [0.29, 0.717) is 23.1 Å². The topological polar surface area (TPSA) is 57.1 Å². The van der Waals surface area contributed by atoms with Crippen LogP contribution < -0.4 is 9.47 Å². The van der Waals surface area contributed by atoms with Crippen LogP contribution in [-0.2, 0) is 16.1 Å². The SMILES string of the molecule is COc1cc(/C=C2\N=C(c3ccc(I)c(Br)c3)OC2=O)cc(I)c1OCc1cccc(Cl)c1. The van der Waals surface area contributed by atoms with Crippen molar-refractivity contribution in [3.8, 4) is 11.5 Å². The molecule has 33 heavy (non-hydrogen) atoms. The van der Waals surface area contributed by atoms with Gasteiger partial charge in [0.1, 0.15) is 6.61 Å². The van der Waals surface area contributed by atoms with Gasteiger partial charge in [0.05, 0.1) is 10.7 Å². The highest BCUT2D eigenvalue weighted by Gasteiger charge is 2.25. The normalized spacial score (nSPS) is 14.3. The van der Waals surface area contributed by atoms with Gasteiger partial charge in [0.15, 0.2) is 17.2 Å². The molecule has 0 saturated carbocycles. The summed E-state index contributed by atoms with van der Waals surface area (Å²) < 4.78 is 19.7. The molecule has 0 unspecified atom stereocenters. The second-order valence-electron chi connectivity index (χ2n) is 6.92. The summed E-state index contributed by atoms with van der Waals surface area (Å²) in [7, 11) is 1.57. The molecule has 1 heterocycles.